The van der Waals surface area contributed by atoms with Gasteiger partial charge in [-0.3, -0.25) is 19.7 Å². The van der Waals surface area contributed by atoms with E-state index in [0.717, 1.165) is 0 Å². The molecule has 2 saturated heterocycles. The lowest BCUT2D eigenvalue weighted by atomic mass is 9.74. The fraction of sp³-hybridized carbons (Fsp3) is 0.467. The summed E-state index contributed by atoms with van der Waals surface area (Å²) in [7, 11) is 0. The maximum absolute atomic E-state index is 12.7. The summed E-state index contributed by atoms with van der Waals surface area (Å²) in [5, 5.41) is 20.7. The molecule has 2 fully saturated rings. The molecule has 122 valence electrons. The molecule has 0 unspecified atom stereocenters. The lowest BCUT2D eigenvalue weighted by molar-refractivity contribution is -0.385. The molecular formula is C15H16N2O6. The Morgan fingerprint density at radius 2 is 2.13 bits per heavy atom. The minimum Gasteiger partial charge on any atom is -0.481 e. The van der Waals surface area contributed by atoms with Crippen LogP contribution < -0.4 is 0 Å². The number of aliphatic carboxylic acids is 1. The summed E-state index contributed by atoms with van der Waals surface area (Å²) in [4.78, 5) is 36.3. The number of fused-ring (bicyclic) bond motifs is 1. The molecule has 2 aliphatic heterocycles. The molecule has 3 rings (SSSR count). The summed E-state index contributed by atoms with van der Waals surface area (Å²) < 4.78 is 5.34. The molecule has 0 aliphatic carbocycles. The highest BCUT2D eigenvalue weighted by Crippen LogP contribution is 2.43. The maximum atomic E-state index is 12.7. The molecule has 1 N–H and O–H groups in total. The van der Waals surface area contributed by atoms with Gasteiger partial charge in [0.05, 0.1) is 16.9 Å². The van der Waals surface area contributed by atoms with E-state index in [1.54, 1.807) is 6.07 Å². The third-order valence-electron chi connectivity index (χ3n) is 4.75. The number of likely N-dealkylation sites (tertiary alicyclic amines) is 1. The number of para-hydroxylation sites is 1. The van der Waals surface area contributed by atoms with E-state index in [2.05, 4.69) is 0 Å². The van der Waals surface area contributed by atoms with Crippen molar-refractivity contribution in [3.63, 3.8) is 0 Å². The number of carboxylic acids is 1. The normalized spacial score (nSPS) is 26.6. The molecule has 1 aromatic rings. The molecule has 2 heterocycles. The van der Waals surface area contributed by atoms with Crippen LogP contribution in [0.2, 0.25) is 0 Å². The molecule has 2 aliphatic rings. The SMILES string of the molecule is O=C(c1ccccc1[N+](=O)[O-])N1C[C@H]2COCC[C@@]2(C(=O)O)C1. The van der Waals surface area contributed by atoms with Crippen LogP contribution in [-0.4, -0.2) is 53.1 Å². The topological polar surface area (TPSA) is 110 Å². The molecule has 23 heavy (non-hydrogen) atoms. The van der Waals surface area contributed by atoms with Gasteiger partial charge >= 0.3 is 5.97 Å². The predicted molar refractivity (Wildman–Crippen MR) is 78.0 cm³/mol. The average Bonchev–Trinajstić information content (AvgIpc) is 2.95. The van der Waals surface area contributed by atoms with E-state index >= 15 is 0 Å². The van der Waals surface area contributed by atoms with E-state index in [1.807, 2.05) is 0 Å². The van der Waals surface area contributed by atoms with E-state index in [-0.39, 0.29) is 36.9 Å². The van der Waals surface area contributed by atoms with Gasteiger partial charge in [-0.15, -0.1) is 0 Å². The Bertz CT molecular complexity index is 676. The molecular weight excluding hydrogens is 304 g/mol. The summed E-state index contributed by atoms with van der Waals surface area (Å²) >= 11 is 0. The van der Waals surface area contributed by atoms with Crippen LogP contribution in [0.1, 0.15) is 16.8 Å². The minimum absolute atomic E-state index is 0.0161. The number of ether oxygens (including phenoxy) is 1. The van der Waals surface area contributed by atoms with E-state index < -0.39 is 22.2 Å². The Kier molecular flexibility index (Phi) is 3.77. The summed E-state index contributed by atoms with van der Waals surface area (Å²) in [5.74, 6) is -1.74. The van der Waals surface area contributed by atoms with Gasteiger partial charge < -0.3 is 14.7 Å². The first kappa shape index (κ1) is 15.4. The molecule has 1 amide bonds. The quantitative estimate of drug-likeness (QED) is 0.661. The Morgan fingerprint density at radius 3 is 2.78 bits per heavy atom. The van der Waals surface area contributed by atoms with Gasteiger partial charge in [-0.2, -0.15) is 0 Å². The number of hydrogen-bond donors (Lipinski definition) is 1. The Balaban J connectivity index is 1.90. The van der Waals surface area contributed by atoms with Crippen molar-refractivity contribution < 1.29 is 24.4 Å². The van der Waals surface area contributed by atoms with Crippen LogP contribution in [0, 0.1) is 21.4 Å². The van der Waals surface area contributed by atoms with Crippen LogP contribution >= 0.6 is 0 Å². The van der Waals surface area contributed by atoms with Gasteiger partial charge in [-0.1, -0.05) is 12.1 Å². The smallest absolute Gasteiger partial charge is 0.311 e. The van der Waals surface area contributed by atoms with Crippen LogP contribution in [0.15, 0.2) is 24.3 Å². The number of rotatable bonds is 3. The second-order valence-corrected chi connectivity index (χ2v) is 5.94. The zero-order valence-electron chi connectivity index (χ0n) is 12.3. The largest absolute Gasteiger partial charge is 0.481 e. The van der Waals surface area contributed by atoms with Crippen molar-refractivity contribution in [3.05, 3.63) is 39.9 Å². The number of nitrogens with zero attached hydrogens (tertiary/aromatic N) is 2. The Morgan fingerprint density at radius 1 is 1.39 bits per heavy atom. The molecule has 2 atom stereocenters. The second kappa shape index (κ2) is 5.62. The van der Waals surface area contributed by atoms with Crippen LogP contribution in [-0.2, 0) is 9.53 Å². The number of carbonyl (C=O) groups excluding carboxylic acids is 1. The van der Waals surface area contributed by atoms with Gasteiger partial charge in [-0.05, 0) is 12.5 Å². The first-order valence-electron chi connectivity index (χ1n) is 7.29. The van der Waals surface area contributed by atoms with Gasteiger partial charge in [0, 0.05) is 31.7 Å². The molecule has 8 nitrogen and oxygen atoms in total. The van der Waals surface area contributed by atoms with Gasteiger partial charge in [0.15, 0.2) is 0 Å². The number of nitro benzene ring substituents is 1. The van der Waals surface area contributed by atoms with Crippen LogP contribution in [0.25, 0.3) is 0 Å². The Labute approximate surface area is 131 Å². The first-order chi connectivity index (χ1) is 11.0. The monoisotopic (exact) mass is 320 g/mol. The average molecular weight is 320 g/mol. The van der Waals surface area contributed by atoms with Crippen LogP contribution in [0.5, 0.6) is 0 Å². The van der Waals surface area contributed by atoms with Gasteiger partial charge in [0.25, 0.3) is 11.6 Å². The summed E-state index contributed by atoms with van der Waals surface area (Å²) in [6.07, 6.45) is 0.341. The van der Waals surface area contributed by atoms with E-state index in [9.17, 15) is 24.8 Å². The van der Waals surface area contributed by atoms with Crippen molar-refractivity contribution in [3.8, 4) is 0 Å². The fourth-order valence-electron chi connectivity index (χ4n) is 3.44. The first-order valence-corrected chi connectivity index (χ1v) is 7.29. The van der Waals surface area contributed by atoms with Crippen LogP contribution in [0.4, 0.5) is 5.69 Å². The number of hydrogen-bond acceptors (Lipinski definition) is 5. The van der Waals surface area contributed by atoms with Gasteiger partial charge in [0.2, 0.25) is 0 Å². The van der Waals surface area contributed by atoms with Crippen LogP contribution in [0.3, 0.4) is 0 Å². The number of carbonyl (C=O) groups is 2. The van der Waals surface area contributed by atoms with Crippen molar-refractivity contribution in [2.75, 3.05) is 26.3 Å². The highest BCUT2D eigenvalue weighted by molar-refractivity contribution is 5.98. The number of amides is 1. The second-order valence-electron chi connectivity index (χ2n) is 5.94. The number of carboxylic acid groups (broad SMARTS) is 1. The molecule has 1 aromatic carbocycles. The summed E-state index contributed by atoms with van der Waals surface area (Å²) in [5.41, 5.74) is -1.30. The zero-order chi connectivity index (χ0) is 16.6. The van der Waals surface area contributed by atoms with Crippen molar-refractivity contribution in [1.29, 1.82) is 0 Å². The highest BCUT2D eigenvalue weighted by Gasteiger charge is 2.55. The molecule has 0 spiro atoms. The lowest BCUT2D eigenvalue weighted by Crippen LogP contribution is -2.45. The third kappa shape index (κ3) is 2.44. The minimum atomic E-state index is -1.02. The van der Waals surface area contributed by atoms with E-state index in [0.29, 0.717) is 13.0 Å². The summed E-state index contributed by atoms with van der Waals surface area (Å²) in [6, 6.07) is 5.71. The van der Waals surface area contributed by atoms with Crippen molar-refractivity contribution in [1.82, 2.24) is 4.90 Å². The van der Waals surface area contributed by atoms with Gasteiger partial charge in [-0.25, -0.2) is 0 Å². The molecule has 8 heteroatoms. The third-order valence-corrected chi connectivity index (χ3v) is 4.75. The number of nitro groups is 1. The lowest BCUT2D eigenvalue weighted by Gasteiger charge is -2.33. The molecule has 0 radical (unpaired) electrons. The van der Waals surface area contributed by atoms with E-state index in [1.165, 1.54) is 23.1 Å². The van der Waals surface area contributed by atoms with Crippen molar-refractivity contribution in [2.45, 2.75) is 6.42 Å². The van der Waals surface area contributed by atoms with Crippen molar-refractivity contribution in [2.24, 2.45) is 11.3 Å². The molecule has 0 saturated carbocycles. The van der Waals surface area contributed by atoms with E-state index in [4.69, 9.17) is 4.74 Å². The highest BCUT2D eigenvalue weighted by atomic mass is 16.6. The summed E-state index contributed by atoms with van der Waals surface area (Å²) in [6.45, 7) is 0.918. The predicted octanol–water partition coefficient (Wildman–Crippen LogP) is 1.16. The number of benzene rings is 1. The Hall–Kier alpha value is -2.48. The maximum Gasteiger partial charge on any atom is 0.311 e. The fourth-order valence-corrected chi connectivity index (χ4v) is 3.44. The standard InChI is InChI=1S/C15H16N2O6/c18-13(11-3-1-2-4-12(11)17(21)22)16-7-10-8-23-6-5-15(10,9-16)14(19)20/h1-4,10H,5-9H2,(H,19,20)/t10-,15+/m0/s1. The van der Waals surface area contributed by atoms with Crippen molar-refractivity contribution >= 4 is 17.6 Å². The van der Waals surface area contributed by atoms with Gasteiger partial charge in [0.1, 0.15) is 5.56 Å². The molecule has 0 aromatic heterocycles. The molecule has 0 bridgehead atoms. The zero-order valence-corrected chi connectivity index (χ0v) is 12.3.